The van der Waals surface area contributed by atoms with Crippen molar-refractivity contribution >= 4 is 35.3 Å². The molecule has 1 aliphatic rings. The molecular formula is C27H17FN2O4. The highest BCUT2D eigenvalue weighted by Crippen LogP contribution is 2.30. The van der Waals surface area contributed by atoms with Crippen LogP contribution in [0.15, 0.2) is 107 Å². The predicted molar refractivity (Wildman–Crippen MR) is 125 cm³/mol. The van der Waals surface area contributed by atoms with Gasteiger partial charge in [-0.15, -0.1) is 0 Å². The zero-order chi connectivity index (χ0) is 23.7. The summed E-state index contributed by atoms with van der Waals surface area (Å²) in [7, 11) is 0. The molecule has 0 spiro atoms. The van der Waals surface area contributed by atoms with Crippen LogP contribution in [-0.4, -0.2) is 17.8 Å². The molecule has 7 heteroatoms. The third-order valence-electron chi connectivity index (χ3n) is 5.30. The van der Waals surface area contributed by atoms with Gasteiger partial charge in [-0.3, -0.25) is 9.59 Å². The molecular weight excluding hydrogens is 435 g/mol. The Bertz CT molecular complexity index is 1360. The fourth-order valence-electron chi connectivity index (χ4n) is 3.71. The zero-order valence-electron chi connectivity index (χ0n) is 17.7. The third-order valence-corrected chi connectivity index (χ3v) is 5.30. The van der Waals surface area contributed by atoms with E-state index in [1.54, 1.807) is 84.9 Å². The summed E-state index contributed by atoms with van der Waals surface area (Å²) in [5.74, 6) is -1.36. The van der Waals surface area contributed by atoms with Gasteiger partial charge in [0.25, 0.3) is 11.8 Å². The Morgan fingerprint density at radius 1 is 0.676 bits per heavy atom. The summed E-state index contributed by atoms with van der Waals surface area (Å²) >= 11 is 0. The molecule has 4 amide bonds. The van der Waals surface area contributed by atoms with Gasteiger partial charge in [-0.25, -0.2) is 19.0 Å². The van der Waals surface area contributed by atoms with Crippen LogP contribution in [0.5, 0.6) is 0 Å². The summed E-state index contributed by atoms with van der Waals surface area (Å²) in [4.78, 5) is 41.9. The van der Waals surface area contributed by atoms with Crippen LogP contribution in [0.4, 0.5) is 20.6 Å². The molecule has 5 rings (SSSR count). The van der Waals surface area contributed by atoms with Gasteiger partial charge in [0.2, 0.25) is 0 Å². The van der Waals surface area contributed by atoms with Gasteiger partial charge >= 0.3 is 6.03 Å². The Kier molecular flexibility index (Phi) is 5.35. The van der Waals surface area contributed by atoms with E-state index in [-0.39, 0.29) is 11.3 Å². The quantitative estimate of drug-likeness (QED) is 0.296. The summed E-state index contributed by atoms with van der Waals surface area (Å²) in [5.41, 5.74) is 0.929. The maximum atomic E-state index is 13.6. The Hall–Kier alpha value is -4.78. The van der Waals surface area contributed by atoms with Crippen LogP contribution in [0, 0.1) is 5.82 Å². The fraction of sp³-hybridized carbons (Fsp3) is 0. The first-order valence-electron chi connectivity index (χ1n) is 10.4. The maximum Gasteiger partial charge on any atom is 0.343 e. The first kappa shape index (κ1) is 21.1. The zero-order valence-corrected chi connectivity index (χ0v) is 17.7. The number of amides is 4. The molecule has 4 aromatic rings. The third kappa shape index (κ3) is 3.80. The van der Waals surface area contributed by atoms with Gasteiger partial charge in [-0.2, -0.15) is 0 Å². The minimum absolute atomic E-state index is 0.214. The molecule has 1 aromatic heterocycles. The van der Waals surface area contributed by atoms with E-state index in [1.165, 1.54) is 18.2 Å². The number of carbonyl (C=O) groups is 3. The van der Waals surface area contributed by atoms with E-state index < -0.39 is 23.7 Å². The standard InChI is InChI=1S/C27H17FN2O4/c28-19-9-7-8-18(16-19)24-15-14-22(34-24)17-23-25(31)29(20-10-3-1-4-11-20)27(33)30(26(23)32)21-12-5-2-6-13-21/h1-17H. The molecule has 0 N–H and O–H groups in total. The minimum Gasteiger partial charge on any atom is -0.457 e. The average molecular weight is 452 g/mol. The smallest absolute Gasteiger partial charge is 0.343 e. The van der Waals surface area contributed by atoms with Gasteiger partial charge in [0, 0.05) is 5.56 Å². The lowest BCUT2D eigenvalue weighted by molar-refractivity contribution is -0.121. The van der Waals surface area contributed by atoms with Crippen molar-refractivity contribution in [1.82, 2.24) is 0 Å². The minimum atomic E-state index is -0.774. The van der Waals surface area contributed by atoms with Crippen LogP contribution >= 0.6 is 0 Å². The number of benzene rings is 3. The molecule has 0 atom stereocenters. The maximum absolute atomic E-state index is 13.6. The van der Waals surface area contributed by atoms with Gasteiger partial charge in [0.15, 0.2) is 0 Å². The van der Waals surface area contributed by atoms with Crippen molar-refractivity contribution in [3.63, 3.8) is 0 Å². The summed E-state index contributed by atoms with van der Waals surface area (Å²) in [6, 6.07) is 25.0. The van der Waals surface area contributed by atoms with E-state index in [2.05, 4.69) is 0 Å². The van der Waals surface area contributed by atoms with Crippen LogP contribution in [0.1, 0.15) is 5.76 Å². The van der Waals surface area contributed by atoms with Crippen molar-refractivity contribution < 1.29 is 23.2 Å². The molecule has 3 aromatic carbocycles. The van der Waals surface area contributed by atoms with Gasteiger partial charge in [-0.05, 0) is 54.6 Å². The summed E-state index contributed by atoms with van der Waals surface area (Å²) in [5, 5.41) is 0. The number of barbiturate groups is 1. The van der Waals surface area contributed by atoms with Crippen molar-refractivity contribution in [2.75, 3.05) is 9.80 Å². The van der Waals surface area contributed by atoms with Gasteiger partial charge in [0.1, 0.15) is 22.9 Å². The SMILES string of the molecule is O=C1C(=Cc2ccc(-c3cccc(F)c3)o2)C(=O)N(c2ccccc2)C(=O)N1c1ccccc1. The van der Waals surface area contributed by atoms with E-state index in [0.717, 1.165) is 9.80 Å². The van der Waals surface area contributed by atoms with Crippen molar-refractivity contribution in [3.8, 4) is 11.3 Å². The van der Waals surface area contributed by atoms with E-state index in [0.29, 0.717) is 22.7 Å². The number of anilines is 2. The second-order valence-corrected chi connectivity index (χ2v) is 7.51. The number of halogens is 1. The van der Waals surface area contributed by atoms with Crippen LogP contribution in [-0.2, 0) is 9.59 Å². The van der Waals surface area contributed by atoms with Crippen LogP contribution in [0.25, 0.3) is 17.4 Å². The predicted octanol–water partition coefficient (Wildman–Crippen LogP) is 5.67. The number of imide groups is 2. The van der Waals surface area contributed by atoms with Crippen LogP contribution in [0.3, 0.4) is 0 Å². The highest BCUT2D eigenvalue weighted by Gasteiger charge is 2.43. The van der Waals surface area contributed by atoms with E-state index in [1.807, 2.05) is 0 Å². The number of rotatable bonds is 4. The van der Waals surface area contributed by atoms with Crippen molar-refractivity contribution in [1.29, 1.82) is 0 Å². The lowest BCUT2D eigenvalue weighted by atomic mass is 10.1. The first-order valence-corrected chi connectivity index (χ1v) is 10.4. The molecule has 0 saturated carbocycles. The second kappa shape index (κ2) is 8.63. The largest absolute Gasteiger partial charge is 0.457 e. The highest BCUT2D eigenvalue weighted by molar-refractivity contribution is 6.46. The molecule has 2 heterocycles. The van der Waals surface area contributed by atoms with Gasteiger partial charge in [-0.1, -0.05) is 48.5 Å². The van der Waals surface area contributed by atoms with Crippen molar-refractivity contribution in [3.05, 3.63) is 114 Å². The normalized spacial score (nSPS) is 14.0. The molecule has 0 bridgehead atoms. The molecule has 1 aliphatic heterocycles. The molecule has 0 radical (unpaired) electrons. The van der Waals surface area contributed by atoms with Crippen LogP contribution in [0.2, 0.25) is 0 Å². The molecule has 6 nitrogen and oxygen atoms in total. The molecule has 0 unspecified atom stereocenters. The lowest BCUT2D eigenvalue weighted by Crippen LogP contribution is -2.57. The fourth-order valence-corrected chi connectivity index (χ4v) is 3.71. The van der Waals surface area contributed by atoms with E-state index >= 15 is 0 Å². The van der Waals surface area contributed by atoms with Gasteiger partial charge in [0.05, 0.1) is 11.4 Å². The van der Waals surface area contributed by atoms with Crippen LogP contribution < -0.4 is 9.80 Å². The molecule has 34 heavy (non-hydrogen) atoms. The number of hydrogen-bond acceptors (Lipinski definition) is 4. The lowest BCUT2D eigenvalue weighted by Gasteiger charge is -2.33. The molecule has 1 fully saturated rings. The Morgan fingerprint density at radius 3 is 1.82 bits per heavy atom. The average Bonchev–Trinajstić information content (AvgIpc) is 3.32. The molecule has 0 aliphatic carbocycles. The van der Waals surface area contributed by atoms with Crippen molar-refractivity contribution in [2.45, 2.75) is 0 Å². The second-order valence-electron chi connectivity index (χ2n) is 7.51. The number of para-hydroxylation sites is 2. The monoisotopic (exact) mass is 452 g/mol. The van der Waals surface area contributed by atoms with Crippen molar-refractivity contribution in [2.24, 2.45) is 0 Å². The summed E-state index contributed by atoms with van der Waals surface area (Å²) in [6.07, 6.45) is 1.30. The number of hydrogen-bond donors (Lipinski definition) is 0. The van der Waals surface area contributed by atoms with E-state index in [4.69, 9.17) is 4.42 Å². The Morgan fingerprint density at radius 2 is 1.26 bits per heavy atom. The molecule has 1 saturated heterocycles. The summed E-state index contributed by atoms with van der Waals surface area (Å²) in [6.45, 7) is 0. The number of nitrogens with zero attached hydrogens (tertiary/aromatic N) is 2. The molecule has 166 valence electrons. The summed E-state index contributed by atoms with van der Waals surface area (Å²) < 4.78 is 19.4. The topological polar surface area (TPSA) is 70.8 Å². The number of carbonyl (C=O) groups excluding carboxylic acids is 3. The number of urea groups is 1. The van der Waals surface area contributed by atoms with Gasteiger partial charge < -0.3 is 4.42 Å². The first-order chi connectivity index (χ1) is 16.5. The Labute approximate surface area is 194 Å². The van der Waals surface area contributed by atoms with E-state index in [9.17, 15) is 18.8 Å². The Balaban J connectivity index is 1.59. The number of furan rings is 1. The highest BCUT2D eigenvalue weighted by atomic mass is 19.1.